The van der Waals surface area contributed by atoms with Gasteiger partial charge in [0.15, 0.2) is 0 Å². The van der Waals surface area contributed by atoms with Crippen molar-refractivity contribution >= 4 is 27.3 Å². The first-order chi connectivity index (χ1) is 14.8. The lowest BCUT2D eigenvalue weighted by Crippen LogP contribution is -2.38. The molecule has 0 fully saturated rings. The number of hydrogen-bond acceptors (Lipinski definition) is 4. The number of nitrogens with one attached hydrogen (secondary N) is 1. The third kappa shape index (κ3) is 5.51. The van der Waals surface area contributed by atoms with E-state index in [4.69, 9.17) is 4.74 Å². The Hall–Kier alpha value is -3.16. The van der Waals surface area contributed by atoms with E-state index in [1.807, 2.05) is 38.1 Å². The molecule has 0 radical (unpaired) electrons. The van der Waals surface area contributed by atoms with E-state index in [2.05, 4.69) is 5.32 Å². The molecule has 0 aliphatic carbocycles. The van der Waals surface area contributed by atoms with E-state index in [1.165, 1.54) is 0 Å². The molecule has 1 N–H and O–H groups in total. The summed E-state index contributed by atoms with van der Waals surface area (Å²) in [5.74, 6) is -0.437. The predicted octanol–water partition coefficient (Wildman–Crippen LogP) is 4.28. The van der Waals surface area contributed by atoms with Crippen molar-refractivity contribution in [2.45, 2.75) is 25.3 Å². The standard InChI is InChI=1S/C24H26N2O4S/c1-18-11-13-22(14-12-18)31(28,29)26(23-10-5-4-7-19(23)2)16-24(27)25-21-9-6-8-20(15-21)17-30-3/h4-15H,16-17H2,1-3H3,(H,25,27). The smallest absolute Gasteiger partial charge is 0.264 e. The number of carbonyl (C=O) groups is 1. The highest BCUT2D eigenvalue weighted by molar-refractivity contribution is 7.92. The number of amides is 1. The first-order valence-corrected chi connectivity index (χ1v) is 11.3. The average Bonchev–Trinajstić information content (AvgIpc) is 2.73. The van der Waals surface area contributed by atoms with Crippen LogP contribution in [0.2, 0.25) is 0 Å². The van der Waals surface area contributed by atoms with Crippen LogP contribution >= 0.6 is 0 Å². The molecule has 0 atom stereocenters. The zero-order chi connectivity index (χ0) is 22.4. The summed E-state index contributed by atoms with van der Waals surface area (Å²) in [4.78, 5) is 13.0. The quantitative estimate of drug-likeness (QED) is 0.569. The number of ether oxygens (including phenoxy) is 1. The van der Waals surface area contributed by atoms with E-state index >= 15 is 0 Å². The average molecular weight is 439 g/mol. The van der Waals surface area contributed by atoms with Gasteiger partial charge in [0.05, 0.1) is 17.2 Å². The van der Waals surface area contributed by atoms with Gasteiger partial charge in [0.25, 0.3) is 10.0 Å². The summed E-state index contributed by atoms with van der Waals surface area (Å²) >= 11 is 0. The van der Waals surface area contributed by atoms with Gasteiger partial charge in [-0.1, -0.05) is 48.0 Å². The molecule has 0 aliphatic rings. The van der Waals surface area contributed by atoms with Gasteiger partial charge < -0.3 is 10.1 Å². The van der Waals surface area contributed by atoms with Crippen molar-refractivity contribution in [2.24, 2.45) is 0 Å². The predicted molar refractivity (Wildman–Crippen MR) is 123 cm³/mol. The van der Waals surface area contributed by atoms with Gasteiger partial charge in [-0.05, 0) is 55.3 Å². The van der Waals surface area contributed by atoms with Crippen LogP contribution in [0.5, 0.6) is 0 Å². The summed E-state index contributed by atoms with van der Waals surface area (Å²) in [6, 6.07) is 21.0. The van der Waals surface area contributed by atoms with Crippen LogP contribution in [0.15, 0.2) is 77.7 Å². The van der Waals surface area contributed by atoms with Crippen LogP contribution in [0.4, 0.5) is 11.4 Å². The van der Waals surface area contributed by atoms with Crippen molar-refractivity contribution in [3.05, 3.63) is 89.5 Å². The Morgan fingerprint density at radius 3 is 2.35 bits per heavy atom. The molecule has 162 valence electrons. The minimum absolute atomic E-state index is 0.135. The van der Waals surface area contributed by atoms with Crippen LogP contribution in [0.25, 0.3) is 0 Å². The zero-order valence-corrected chi connectivity index (χ0v) is 18.6. The monoisotopic (exact) mass is 438 g/mol. The highest BCUT2D eigenvalue weighted by Gasteiger charge is 2.28. The zero-order valence-electron chi connectivity index (χ0n) is 17.8. The first kappa shape index (κ1) is 22.5. The molecule has 3 aromatic rings. The van der Waals surface area contributed by atoms with Gasteiger partial charge in [0, 0.05) is 12.8 Å². The number of nitrogens with zero attached hydrogens (tertiary/aromatic N) is 1. The van der Waals surface area contributed by atoms with Crippen LogP contribution in [-0.4, -0.2) is 28.0 Å². The minimum Gasteiger partial charge on any atom is -0.380 e. The molecule has 0 aromatic heterocycles. The third-order valence-electron chi connectivity index (χ3n) is 4.80. The van der Waals surface area contributed by atoms with Crippen LogP contribution in [0.1, 0.15) is 16.7 Å². The maximum atomic E-state index is 13.5. The number of anilines is 2. The Morgan fingerprint density at radius 1 is 0.968 bits per heavy atom. The lowest BCUT2D eigenvalue weighted by Gasteiger charge is -2.25. The van der Waals surface area contributed by atoms with Gasteiger partial charge in [0.1, 0.15) is 6.54 Å². The van der Waals surface area contributed by atoms with Crippen LogP contribution in [0.3, 0.4) is 0 Å². The number of sulfonamides is 1. The summed E-state index contributed by atoms with van der Waals surface area (Å²) in [7, 11) is -2.35. The van der Waals surface area contributed by atoms with Crippen LogP contribution < -0.4 is 9.62 Å². The van der Waals surface area contributed by atoms with E-state index in [9.17, 15) is 13.2 Å². The highest BCUT2D eigenvalue weighted by atomic mass is 32.2. The number of hydrogen-bond donors (Lipinski definition) is 1. The molecule has 3 aromatic carbocycles. The lowest BCUT2D eigenvalue weighted by molar-refractivity contribution is -0.114. The summed E-state index contributed by atoms with van der Waals surface area (Å²) in [6.07, 6.45) is 0. The molecule has 3 rings (SSSR count). The Balaban J connectivity index is 1.92. The van der Waals surface area contributed by atoms with Crippen molar-refractivity contribution < 1.29 is 17.9 Å². The Morgan fingerprint density at radius 2 is 1.68 bits per heavy atom. The van der Waals surface area contributed by atoms with E-state index in [0.717, 1.165) is 21.0 Å². The molecule has 0 unspecified atom stereocenters. The number of para-hydroxylation sites is 1. The Kier molecular flexibility index (Phi) is 7.09. The lowest BCUT2D eigenvalue weighted by atomic mass is 10.2. The van der Waals surface area contributed by atoms with E-state index in [-0.39, 0.29) is 11.4 Å². The van der Waals surface area contributed by atoms with E-state index < -0.39 is 15.9 Å². The van der Waals surface area contributed by atoms with Gasteiger partial charge in [-0.3, -0.25) is 9.10 Å². The number of benzene rings is 3. The molecule has 0 spiro atoms. The van der Waals surface area contributed by atoms with Gasteiger partial charge >= 0.3 is 0 Å². The van der Waals surface area contributed by atoms with Crippen molar-refractivity contribution in [1.29, 1.82) is 0 Å². The summed E-state index contributed by atoms with van der Waals surface area (Å²) in [5, 5.41) is 2.79. The fraction of sp³-hybridized carbons (Fsp3) is 0.208. The number of carbonyl (C=O) groups excluding carboxylic acids is 1. The second-order valence-electron chi connectivity index (χ2n) is 7.29. The Bertz CT molecular complexity index is 1160. The molecule has 0 heterocycles. The largest absolute Gasteiger partial charge is 0.380 e. The van der Waals surface area contributed by atoms with E-state index in [0.29, 0.717) is 18.0 Å². The van der Waals surface area contributed by atoms with Crippen molar-refractivity contribution in [2.75, 3.05) is 23.3 Å². The fourth-order valence-corrected chi connectivity index (χ4v) is 4.70. The SMILES string of the molecule is COCc1cccc(NC(=O)CN(c2ccccc2C)S(=O)(=O)c2ccc(C)cc2)c1. The molecule has 0 bridgehead atoms. The van der Waals surface area contributed by atoms with E-state index in [1.54, 1.807) is 55.6 Å². The minimum atomic E-state index is -3.95. The second kappa shape index (κ2) is 9.76. The molecule has 0 aliphatic heterocycles. The molecular formula is C24H26N2O4S. The van der Waals surface area contributed by atoms with Gasteiger partial charge in [0.2, 0.25) is 5.91 Å². The van der Waals surface area contributed by atoms with Gasteiger partial charge in [-0.2, -0.15) is 0 Å². The topological polar surface area (TPSA) is 75.7 Å². The summed E-state index contributed by atoms with van der Waals surface area (Å²) < 4.78 is 33.2. The molecule has 0 saturated carbocycles. The van der Waals surface area contributed by atoms with Crippen molar-refractivity contribution in [3.63, 3.8) is 0 Å². The Labute approximate surface area is 183 Å². The molecular weight excluding hydrogens is 412 g/mol. The fourth-order valence-electron chi connectivity index (χ4n) is 3.22. The summed E-state index contributed by atoms with van der Waals surface area (Å²) in [6.45, 7) is 3.77. The van der Waals surface area contributed by atoms with Crippen molar-refractivity contribution in [3.8, 4) is 0 Å². The first-order valence-electron chi connectivity index (χ1n) is 9.84. The van der Waals surface area contributed by atoms with Crippen LogP contribution in [0, 0.1) is 13.8 Å². The maximum absolute atomic E-state index is 13.5. The molecule has 1 amide bonds. The molecule has 7 heteroatoms. The molecule has 6 nitrogen and oxygen atoms in total. The van der Waals surface area contributed by atoms with Crippen LogP contribution in [-0.2, 0) is 26.2 Å². The number of methoxy groups -OCH3 is 1. The second-order valence-corrected chi connectivity index (χ2v) is 9.16. The van der Waals surface area contributed by atoms with Crippen molar-refractivity contribution in [1.82, 2.24) is 0 Å². The summed E-state index contributed by atoms with van der Waals surface area (Å²) in [5.41, 5.74) is 3.66. The molecule has 0 saturated heterocycles. The van der Waals surface area contributed by atoms with Gasteiger partial charge in [-0.25, -0.2) is 8.42 Å². The number of rotatable bonds is 8. The number of aryl methyl sites for hydroxylation is 2. The maximum Gasteiger partial charge on any atom is 0.264 e. The third-order valence-corrected chi connectivity index (χ3v) is 6.58. The highest BCUT2D eigenvalue weighted by Crippen LogP contribution is 2.27. The normalized spacial score (nSPS) is 11.2. The van der Waals surface area contributed by atoms with Gasteiger partial charge in [-0.15, -0.1) is 0 Å². The molecule has 31 heavy (non-hydrogen) atoms.